The van der Waals surface area contributed by atoms with E-state index in [1.165, 1.54) is 18.9 Å². The van der Waals surface area contributed by atoms with E-state index in [0.717, 1.165) is 36.8 Å². The van der Waals surface area contributed by atoms with Crippen molar-refractivity contribution in [3.8, 4) is 0 Å². The van der Waals surface area contributed by atoms with Gasteiger partial charge in [-0.3, -0.25) is 4.79 Å². The van der Waals surface area contributed by atoms with Crippen LogP contribution in [0, 0.1) is 17.6 Å². The van der Waals surface area contributed by atoms with Crippen molar-refractivity contribution in [2.75, 3.05) is 23.3 Å². The minimum atomic E-state index is -1.03. The van der Waals surface area contributed by atoms with E-state index < -0.39 is 17.5 Å². The Labute approximate surface area is 140 Å². The molecule has 0 atom stereocenters. The van der Waals surface area contributed by atoms with Crippen LogP contribution in [0.15, 0.2) is 42.5 Å². The van der Waals surface area contributed by atoms with Gasteiger partial charge >= 0.3 is 0 Å². The summed E-state index contributed by atoms with van der Waals surface area (Å²) < 4.78 is 26.1. The normalized spacial score (nSPS) is 15.4. The summed E-state index contributed by atoms with van der Waals surface area (Å²) in [5, 5.41) is 2.70. The molecule has 0 aromatic heterocycles. The van der Waals surface area contributed by atoms with Crippen molar-refractivity contribution in [1.29, 1.82) is 0 Å². The van der Waals surface area contributed by atoms with Gasteiger partial charge in [-0.1, -0.05) is 6.92 Å². The number of benzene rings is 2. The van der Waals surface area contributed by atoms with Crippen LogP contribution < -0.4 is 10.2 Å². The van der Waals surface area contributed by atoms with Crippen molar-refractivity contribution >= 4 is 17.3 Å². The number of nitrogens with zero attached hydrogens (tertiary/aromatic N) is 1. The van der Waals surface area contributed by atoms with Gasteiger partial charge in [-0.25, -0.2) is 8.78 Å². The largest absolute Gasteiger partial charge is 0.372 e. The van der Waals surface area contributed by atoms with Crippen LogP contribution >= 0.6 is 0 Å². The first-order chi connectivity index (χ1) is 11.5. The van der Waals surface area contributed by atoms with E-state index in [-0.39, 0.29) is 5.56 Å². The number of nitrogens with one attached hydrogen (secondary N) is 1. The summed E-state index contributed by atoms with van der Waals surface area (Å²) in [6.45, 7) is 4.36. The molecule has 0 saturated carbocycles. The van der Waals surface area contributed by atoms with Gasteiger partial charge in [0.1, 0.15) is 0 Å². The molecule has 0 aliphatic carbocycles. The van der Waals surface area contributed by atoms with Gasteiger partial charge in [0.25, 0.3) is 5.91 Å². The van der Waals surface area contributed by atoms with E-state index in [1.807, 2.05) is 24.3 Å². The summed E-state index contributed by atoms with van der Waals surface area (Å²) in [7, 11) is 0. The van der Waals surface area contributed by atoms with E-state index >= 15 is 0 Å². The zero-order chi connectivity index (χ0) is 17.1. The number of carbonyl (C=O) groups excluding carboxylic acids is 1. The van der Waals surface area contributed by atoms with Gasteiger partial charge < -0.3 is 10.2 Å². The average molecular weight is 330 g/mol. The lowest BCUT2D eigenvalue weighted by molar-refractivity contribution is 0.102. The molecule has 1 saturated heterocycles. The molecular formula is C19H20F2N2O. The quantitative estimate of drug-likeness (QED) is 0.901. The van der Waals surface area contributed by atoms with Crippen LogP contribution in [0.2, 0.25) is 0 Å². The molecule has 3 nitrogen and oxygen atoms in total. The van der Waals surface area contributed by atoms with Crippen molar-refractivity contribution in [3.05, 3.63) is 59.7 Å². The first-order valence-electron chi connectivity index (χ1n) is 8.14. The van der Waals surface area contributed by atoms with Crippen molar-refractivity contribution in [2.24, 2.45) is 5.92 Å². The Morgan fingerprint density at radius 2 is 1.71 bits per heavy atom. The summed E-state index contributed by atoms with van der Waals surface area (Å²) in [6, 6.07) is 10.7. The molecule has 3 rings (SSSR count). The van der Waals surface area contributed by atoms with Crippen LogP contribution in [0.1, 0.15) is 30.1 Å². The smallest absolute Gasteiger partial charge is 0.255 e. The van der Waals surface area contributed by atoms with E-state index in [4.69, 9.17) is 0 Å². The summed E-state index contributed by atoms with van der Waals surface area (Å²) in [6.07, 6.45) is 2.38. The minimum Gasteiger partial charge on any atom is -0.372 e. The molecule has 126 valence electrons. The fourth-order valence-electron chi connectivity index (χ4n) is 2.86. The van der Waals surface area contributed by atoms with Gasteiger partial charge in [0.15, 0.2) is 11.6 Å². The highest BCUT2D eigenvalue weighted by molar-refractivity contribution is 6.04. The van der Waals surface area contributed by atoms with Crippen molar-refractivity contribution in [2.45, 2.75) is 19.8 Å². The topological polar surface area (TPSA) is 32.3 Å². The van der Waals surface area contributed by atoms with Crippen molar-refractivity contribution < 1.29 is 13.6 Å². The number of halogens is 2. The second-order valence-electron chi connectivity index (χ2n) is 6.30. The number of amides is 1. The molecule has 2 aromatic carbocycles. The second kappa shape index (κ2) is 6.99. The molecule has 0 spiro atoms. The molecule has 1 heterocycles. The minimum absolute atomic E-state index is 0.0861. The SMILES string of the molecule is CC1CCN(c2ccc(NC(=O)c3ccc(F)c(F)c3)cc2)CC1. The van der Waals surface area contributed by atoms with E-state index in [1.54, 1.807) is 0 Å². The molecule has 5 heteroatoms. The second-order valence-corrected chi connectivity index (χ2v) is 6.30. The Hall–Kier alpha value is -2.43. The van der Waals surface area contributed by atoms with E-state index in [0.29, 0.717) is 5.69 Å². The number of piperidine rings is 1. The molecule has 0 bridgehead atoms. The molecule has 24 heavy (non-hydrogen) atoms. The molecular weight excluding hydrogens is 310 g/mol. The maximum Gasteiger partial charge on any atom is 0.255 e. The standard InChI is InChI=1S/C19H20F2N2O/c1-13-8-10-23(11-9-13)16-5-3-15(4-6-16)22-19(24)14-2-7-17(20)18(21)12-14/h2-7,12-13H,8-11H2,1H3,(H,22,24). The number of carbonyl (C=O) groups is 1. The Morgan fingerprint density at radius 3 is 2.33 bits per heavy atom. The highest BCUT2D eigenvalue weighted by Gasteiger charge is 2.16. The zero-order valence-corrected chi connectivity index (χ0v) is 13.6. The maximum atomic E-state index is 13.2. The van der Waals surface area contributed by atoms with Crippen LogP contribution in [0.3, 0.4) is 0 Å². The molecule has 1 N–H and O–H groups in total. The third-order valence-electron chi connectivity index (χ3n) is 4.46. The van der Waals surface area contributed by atoms with Gasteiger partial charge in [-0.2, -0.15) is 0 Å². The van der Waals surface area contributed by atoms with Crippen LogP contribution in [-0.2, 0) is 0 Å². The summed E-state index contributed by atoms with van der Waals surface area (Å²) >= 11 is 0. The van der Waals surface area contributed by atoms with E-state index in [2.05, 4.69) is 17.1 Å². The maximum absolute atomic E-state index is 13.2. The van der Waals surface area contributed by atoms with Crippen LogP contribution in [0.4, 0.5) is 20.2 Å². The highest BCUT2D eigenvalue weighted by Crippen LogP contribution is 2.24. The predicted molar refractivity (Wildman–Crippen MR) is 91.4 cm³/mol. The fraction of sp³-hybridized carbons (Fsp3) is 0.316. The highest BCUT2D eigenvalue weighted by atomic mass is 19.2. The fourth-order valence-corrected chi connectivity index (χ4v) is 2.86. The van der Waals surface area contributed by atoms with Crippen LogP contribution in [0.5, 0.6) is 0 Å². The van der Waals surface area contributed by atoms with Crippen molar-refractivity contribution in [1.82, 2.24) is 0 Å². The van der Waals surface area contributed by atoms with Gasteiger partial charge in [0, 0.05) is 30.0 Å². The number of hydrogen-bond donors (Lipinski definition) is 1. The molecule has 1 fully saturated rings. The Morgan fingerprint density at radius 1 is 1.04 bits per heavy atom. The van der Waals surface area contributed by atoms with Gasteiger partial charge in [0.05, 0.1) is 0 Å². The predicted octanol–water partition coefficient (Wildman–Crippen LogP) is 4.45. The zero-order valence-electron chi connectivity index (χ0n) is 13.6. The number of hydrogen-bond acceptors (Lipinski definition) is 2. The van der Waals surface area contributed by atoms with Gasteiger partial charge in [-0.05, 0) is 61.2 Å². The average Bonchev–Trinajstić information content (AvgIpc) is 2.59. The molecule has 1 aliphatic heterocycles. The van der Waals surface area contributed by atoms with Gasteiger partial charge in [-0.15, -0.1) is 0 Å². The third-order valence-corrected chi connectivity index (χ3v) is 4.46. The molecule has 2 aromatic rings. The Bertz CT molecular complexity index is 723. The molecule has 1 aliphatic rings. The molecule has 0 unspecified atom stereocenters. The first kappa shape index (κ1) is 16.4. The lowest BCUT2D eigenvalue weighted by Gasteiger charge is -2.32. The monoisotopic (exact) mass is 330 g/mol. The summed E-state index contributed by atoms with van der Waals surface area (Å²) in [5.74, 6) is -1.69. The Balaban J connectivity index is 1.65. The first-order valence-corrected chi connectivity index (χ1v) is 8.14. The van der Waals surface area contributed by atoms with Crippen LogP contribution in [-0.4, -0.2) is 19.0 Å². The van der Waals surface area contributed by atoms with E-state index in [9.17, 15) is 13.6 Å². The lowest BCUT2D eigenvalue weighted by Crippen LogP contribution is -2.32. The lowest BCUT2D eigenvalue weighted by atomic mass is 9.99. The van der Waals surface area contributed by atoms with Gasteiger partial charge in [0.2, 0.25) is 0 Å². The summed E-state index contributed by atoms with van der Waals surface area (Å²) in [4.78, 5) is 14.4. The van der Waals surface area contributed by atoms with Crippen LogP contribution in [0.25, 0.3) is 0 Å². The number of anilines is 2. The number of rotatable bonds is 3. The van der Waals surface area contributed by atoms with Crippen molar-refractivity contribution in [3.63, 3.8) is 0 Å². The molecule has 0 radical (unpaired) electrons. The third kappa shape index (κ3) is 3.72. The molecule has 1 amide bonds. The summed E-state index contributed by atoms with van der Waals surface area (Å²) in [5.41, 5.74) is 1.84. The Kier molecular flexibility index (Phi) is 4.79.